The lowest BCUT2D eigenvalue weighted by atomic mass is 9.92. The van der Waals surface area contributed by atoms with Crippen molar-refractivity contribution in [2.24, 2.45) is 0 Å². The van der Waals surface area contributed by atoms with E-state index in [1.165, 1.54) is 24.3 Å². The molecule has 0 aliphatic carbocycles. The molecule has 0 unspecified atom stereocenters. The van der Waals surface area contributed by atoms with Crippen molar-refractivity contribution in [2.75, 3.05) is 13.1 Å². The molecule has 0 spiro atoms. The summed E-state index contributed by atoms with van der Waals surface area (Å²) in [5, 5.41) is 13.7. The van der Waals surface area contributed by atoms with Crippen molar-refractivity contribution in [2.45, 2.75) is 30.2 Å². The van der Waals surface area contributed by atoms with Crippen LogP contribution >= 0.6 is 0 Å². The molecule has 1 heterocycles. The summed E-state index contributed by atoms with van der Waals surface area (Å²) in [7, 11) is -3.66. The van der Waals surface area contributed by atoms with Crippen LogP contribution < -0.4 is 10.0 Å². The number of non-ortho nitro benzene ring substituents is 1. The molecule has 0 amide bonds. The molecule has 7 nitrogen and oxygen atoms in total. The van der Waals surface area contributed by atoms with Gasteiger partial charge in [0, 0.05) is 17.7 Å². The van der Waals surface area contributed by atoms with Gasteiger partial charge in [0.15, 0.2) is 0 Å². The van der Waals surface area contributed by atoms with Crippen LogP contribution in [-0.4, -0.2) is 32.0 Å². The van der Waals surface area contributed by atoms with Crippen molar-refractivity contribution in [3.05, 3.63) is 34.4 Å². The van der Waals surface area contributed by atoms with Crippen LogP contribution in [0.1, 0.15) is 19.8 Å². The summed E-state index contributed by atoms with van der Waals surface area (Å²) in [5.74, 6) is 0. The number of nitro benzene ring substituents is 1. The number of hydrogen-bond donors (Lipinski definition) is 2. The normalized spacial score (nSPS) is 18.6. The van der Waals surface area contributed by atoms with Gasteiger partial charge in [-0.05, 0) is 45.0 Å². The molecule has 2 rings (SSSR count). The van der Waals surface area contributed by atoms with Crippen LogP contribution in [0.5, 0.6) is 0 Å². The van der Waals surface area contributed by atoms with Gasteiger partial charge in [-0.3, -0.25) is 10.1 Å². The van der Waals surface area contributed by atoms with Gasteiger partial charge in [-0.2, -0.15) is 0 Å². The van der Waals surface area contributed by atoms with Gasteiger partial charge in [0.1, 0.15) is 0 Å². The van der Waals surface area contributed by atoms with E-state index >= 15 is 0 Å². The number of nitrogens with one attached hydrogen (secondary N) is 2. The summed E-state index contributed by atoms with van der Waals surface area (Å²) in [4.78, 5) is 10.1. The van der Waals surface area contributed by atoms with E-state index in [4.69, 9.17) is 0 Å². The van der Waals surface area contributed by atoms with Crippen LogP contribution in [0.15, 0.2) is 29.2 Å². The summed E-state index contributed by atoms with van der Waals surface area (Å²) in [5.41, 5.74) is -0.608. The molecule has 1 aliphatic heterocycles. The zero-order chi connectivity index (χ0) is 14.8. The molecular formula is C12H17N3O4S. The minimum Gasteiger partial charge on any atom is -0.317 e. The second-order valence-electron chi connectivity index (χ2n) is 5.17. The third-order valence-electron chi connectivity index (χ3n) is 3.45. The van der Waals surface area contributed by atoms with Gasteiger partial charge in [-0.25, -0.2) is 13.1 Å². The first-order chi connectivity index (χ1) is 9.32. The average molecular weight is 299 g/mol. The van der Waals surface area contributed by atoms with Gasteiger partial charge < -0.3 is 5.32 Å². The number of benzene rings is 1. The number of nitro groups is 1. The second kappa shape index (κ2) is 5.47. The van der Waals surface area contributed by atoms with E-state index in [1.54, 1.807) is 0 Å². The van der Waals surface area contributed by atoms with Gasteiger partial charge in [0.05, 0.1) is 9.82 Å². The van der Waals surface area contributed by atoms with E-state index in [2.05, 4.69) is 10.0 Å². The number of rotatable bonds is 4. The number of piperidine rings is 1. The predicted molar refractivity (Wildman–Crippen MR) is 73.9 cm³/mol. The zero-order valence-corrected chi connectivity index (χ0v) is 11.9. The molecule has 1 aliphatic rings. The Bertz CT molecular complexity index is 592. The molecular weight excluding hydrogens is 282 g/mol. The maximum Gasteiger partial charge on any atom is 0.269 e. The summed E-state index contributed by atoms with van der Waals surface area (Å²) in [6.45, 7) is 3.40. The first-order valence-electron chi connectivity index (χ1n) is 6.32. The topological polar surface area (TPSA) is 101 Å². The van der Waals surface area contributed by atoms with Crippen molar-refractivity contribution in [3.63, 3.8) is 0 Å². The first kappa shape index (κ1) is 14.9. The number of nitrogens with zero attached hydrogens (tertiary/aromatic N) is 1. The van der Waals surface area contributed by atoms with Crippen LogP contribution in [0.3, 0.4) is 0 Å². The fourth-order valence-corrected chi connectivity index (χ4v) is 3.68. The van der Waals surface area contributed by atoms with Crippen molar-refractivity contribution in [3.8, 4) is 0 Å². The lowest BCUT2D eigenvalue weighted by molar-refractivity contribution is -0.384. The summed E-state index contributed by atoms with van der Waals surface area (Å²) >= 11 is 0. The molecule has 8 heteroatoms. The van der Waals surface area contributed by atoms with Gasteiger partial charge in [0.25, 0.3) is 5.69 Å². The van der Waals surface area contributed by atoms with E-state index < -0.39 is 20.5 Å². The van der Waals surface area contributed by atoms with Gasteiger partial charge in [-0.1, -0.05) is 0 Å². The van der Waals surface area contributed by atoms with Crippen molar-refractivity contribution >= 4 is 15.7 Å². The van der Waals surface area contributed by atoms with Crippen LogP contribution in [0, 0.1) is 10.1 Å². The van der Waals surface area contributed by atoms with E-state index in [9.17, 15) is 18.5 Å². The molecule has 0 atom stereocenters. The lowest BCUT2D eigenvalue weighted by Crippen LogP contribution is -2.52. The van der Waals surface area contributed by atoms with E-state index in [-0.39, 0.29) is 10.6 Å². The predicted octanol–water partition coefficient (Wildman–Crippen LogP) is 1.02. The minimum atomic E-state index is -3.66. The molecule has 2 N–H and O–H groups in total. The highest BCUT2D eigenvalue weighted by molar-refractivity contribution is 7.89. The molecule has 0 saturated carbocycles. The highest BCUT2D eigenvalue weighted by Crippen LogP contribution is 2.22. The van der Waals surface area contributed by atoms with E-state index in [0.717, 1.165) is 13.1 Å². The second-order valence-corrected chi connectivity index (χ2v) is 6.85. The zero-order valence-electron chi connectivity index (χ0n) is 11.1. The molecule has 1 aromatic carbocycles. The molecule has 1 aromatic rings. The fourth-order valence-electron chi connectivity index (χ4n) is 2.21. The number of hydrogen-bond acceptors (Lipinski definition) is 5. The van der Waals surface area contributed by atoms with Crippen molar-refractivity contribution < 1.29 is 13.3 Å². The quantitative estimate of drug-likeness (QED) is 0.638. The Labute approximate surface area is 117 Å². The third-order valence-corrected chi connectivity index (χ3v) is 5.10. The van der Waals surface area contributed by atoms with Crippen LogP contribution in [0.25, 0.3) is 0 Å². The van der Waals surface area contributed by atoms with Gasteiger partial charge >= 0.3 is 0 Å². The SMILES string of the molecule is CC1(NS(=O)(=O)c2ccc([N+](=O)[O-])cc2)CCNCC1. The Morgan fingerprint density at radius 2 is 1.80 bits per heavy atom. The maximum atomic E-state index is 12.3. The van der Waals surface area contributed by atoms with Gasteiger partial charge in [0.2, 0.25) is 10.0 Å². The summed E-state index contributed by atoms with van der Waals surface area (Å²) in [6, 6.07) is 4.90. The van der Waals surface area contributed by atoms with Crippen molar-refractivity contribution in [1.82, 2.24) is 10.0 Å². The van der Waals surface area contributed by atoms with Crippen LogP contribution in [0.4, 0.5) is 5.69 Å². The smallest absolute Gasteiger partial charge is 0.269 e. The Morgan fingerprint density at radius 1 is 1.25 bits per heavy atom. The highest BCUT2D eigenvalue weighted by atomic mass is 32.2. The van der Waals surface area contributed by atoms with Gasteiger partial charge in [-0.15, -0.1) is 0 Å². The Kier molecular flexibility index (Phi) is 4.07. The standard InChI is InChI=1S/C12H17N3O4S/c1-12(6-8-13-9-7-12)14-20(18,19)11-4-2-10(3-5-11)15(16)17/h2-5,13-14H,6-9H2,1H3. The Morgan fingerprint density at radius 3 is 2.30 bits per heavy atom. The number of sulfonamides is 1. The molecule has 110 valence electrons. The van der Waals surface area contributed by atoms with Crippen LogP contribution in [-0.2, 0) is 10.0 Å². The summed E-state index contributed by atoms with van der Waals surface area (Å²) < 4.78 is 27.3. The molecule has 20 heavy (non-hydrogen) atoms. The lowest BCUT2D eigenvalue weighted by Gasteiger charge is -2.34. The Hall–Kier alpha value is -1.51. The molecule has 0 bridgehead atoms. The van der Waals surface area contributed by atoms with Crippen molar-refractivity contribution in [1.29, 1.82) is 0 Å². The largest absolute Gasteiger partial charge is 0.317 e. The molecule has 1 saturated heterocycles. The maximum absolute atomic E-state index is 12.3. The van der Waals surface area contributed by atoms with Crippen LogP contribution in [0.2, 0.25) is 0 Å². The summed E-state index contributed by atoms with van der Waals surface area (Å²) in [6.07, 6.45) is 1.42. The Balaban J connectivity index is 2.19. The molecule has 0 aromatic heterocycles. The molecule has 0 radical (unpaired) electrons. The first-order valence-corrected chi connectivity index (χ1v) is 7.80. The molecule has 1 fully saturated rings. The third kappa shape index (κ3) is 3.33. The van der Waals surface area contributed by atoms with E-state index in [0.29, 0.717) is 12.8 Å². The van der Waals surface area contributed by atoms with E-state index in [1.807, 2.05) is 6.92 Å². The average Bonchev–Trinajstić information content (AvgIpc) is 2.38. The minimum absolute atomic E-state index is 0.0443. The monoisotopic (exact) mass is 299 g/mol. The fraction of sp³-hybridized carbons (Fsp3) is 0.500. The highest BCUT2D eigenvalue weighted by Gasteiger charge is 2.32.